The molecule has 0 unspecified atom stereocenters. The molecule has 3 aromatic heterocycles. The second-order valence-corrected chi connectivity index (χ2v) is 6.32. The number of thioether (sulfide) groups is 1. The van der Waals surface area contributed by atoms with Crippen molar-refractivity contribution in [2.24, 2.45) is 0 Å². The number of thiazole rings is 1. The maximum Gasteiger partial charge on any atom is 0.453 e. The zero-order valence-corrected chi connectivity index (χ0v) is 13.2. The van der Waals surface area contributed by atoms with Gasteiger partial charge in [-0.3, -0.25) is 9.20 Å². The Labute approximate surface area is 134 Å². The highest BCUT2D eigenvalue weighted by Crippen LogP contribution is 2.29. The first-order chi connectivity index (χ1) is 10.8. The van der Waals surface area contributed by atoms with Crippen LogP contribution in [0.3, 0.4) is 0 Å². The van der Waals surface area contributed by atoms with Crippen LogP contribution in [-0.4, -0.2) is 24.3 Å². The van der Waals surface area contributed by atoms with Gasteiger partial charge in [0.1, 0.15) is 0 Å². The summed E-state index contributed by atoms with van der Waals surface area (Å²) >= 11 is 2.23. The zero-order valence-electron chi connectivity index (χ0n) is 11.5. The van der Waals surface area contributed by atoms with Gasteiger partial charge in [0.15, 0.2) is 4.96 Å². The van der Waals surface area contributed by atoms with Crippen LogP contribution >= 0.6 is 23.1 Å². The largest absolute Gasteiger partial charge is 0.453 e. The molecule has 0 radical (unpaired) electrons. The van der Waals surface area contributed by atoms with Crippen LogP contribution < -0.4 is 11.4 Å². The van der Waals surface area contributed by atoms with E-state index in [1.54, 1.807) is 12.3 Å². The van der Waals surface area contributed by atoms with Gasteiger partial charge < -0.3 is 5.84 Å². The Morgan fingerprint density at radius 1 is 1.39 bits per heavy atom. The molecule has 122 valence electrons. The summed E-state index contributed by atoms with van der Waals surface area (Å²) in [5, 5.41) is 8.13. The molecule has 0 spiro atoms. The van der Waals surface area contributed by atoms with Crippen molar-refractivity contribution >= 4 is 28.1 Å². The van der Waals surface area contributed by atoms with E-state index in [1.807, 2.05) is 0 Å². The van der Waals surface area contributed by atoms with Crippen LogP contribution in [0.15, 0.2) is 21.4 Å². The van der Waals surface area contributed by atoms with Gasteiger partial charge in [0, 0.05) is 22.9 Å². The molecule has 3 rings (SSSR count). The first-order valence-corrected chi connectivity index (χ1v) is 8.01. The van der Waals surface area contributed by atoms with Crippen molar-refractivity contribution in [1.29, 1.82) is 0 Å². The Balaban J connectivity index is 1.84. The number of nitrogen functional groups attached to an aromatic ring is 1. The van der Waals surface area contributed by atoms with Crippen molar-refractivity contribution in [2.75, 3.05) is 5.84 Å². The lowest BCUT2D eigenvalue weighted by atomic mass is 10.4. The molecule has 0 aromatic carbocycles. The minimum absolute atomic E-state index is 0.110. The van der Waals surface area contributed by atoms with Gasteiger partial charge in [0.05, 0.1) is 5.69 Å². The molecule has 0 aliphatic heterocycles. The summed E-state index contributed by atoms with van der Waals surface area (Å²) in [6.45, 7) is 1.79. The number of fused-ring (bicyclic) bond motifs is 1. The SMILES string of the molecule is Cc1csc2nc(CSc3nnc(C(F)(F)F)n3N)cc(=O)n12. The molecule has 0 fully saturated rings. The molecule has 3 aromatic rings. The molecule has 3 heterocycles. The number of hydrogen-bond donors (Lipinski definition) is 1. The molecule has 0 atom stereocenters. The van der Waals surface area contributed by atoms with E-state index in [9.17, 15) is 18.0 Å². The first-order valence-electron chi connectivity index (χ1n) is 6.14. The highest BCUT2D eigenvalue weighted by atomic mass is 32.2. The fourth-order valence-electron chi connectivity index (χ4n) is 1.88. The van der Waals surface area contributed by atoms with E-state index in [1.165, 1.54) is 21.8 Å². The summed E-state index contributed by atoms with van der Waals surface area (Å²) < 4.78 is 39.6. The summed E-state index contributed by atoms with van der Waals surface area (Å²) in [5.74, 6) is 4.21. The Morgan fingerprint density at radius 2 is 2.13 bits per heavy atom. The van der Waals surface area contributed by atoms with Gasteiger partial charge in [-0.1, -0.05) is 11.8 Å². The van der Waals surface area contributed by atoms with E-state index in [0.717, 1.165) is 17.5 Å². The van der Waals surface area contributed by atoms with Crippen molar-refractivity contribution < 1.29 is 13.2 Å². The third-order valence-electron chi connectivity index (χ3n) is 2.90. The van der Waals surface area contributed by atoms with E-state index < -0.39 is 12.0 Å². The third-order valence-corrected chi connectivity index (χ3v) is 4.82. The lowest BCUT2D eigenvalue weighted by molar-refractivity contribution is -0.146. The molecule has 2 N–H and O–H groups in total. The van der Waals surface area contributed by atoms with E-state index in [4.69, 9.17) is 5.84 Å². The lowest BCUT2D eigenvalue weighted by Gasteiger charge is -2.06. The molecule has 7 nitrogen and oxygen atoms in total. The van der Waals surface area contributed by atoms with Crippen LogP contribution in [0, 0.1) is 6.92 Å². The Bertz CT molecular complexity index is 928. The molecule has 0 amide bonds. The predicted octanol–water partition coefficient (Wildman–Crippen LogP) is 1.68. The number of nitrogens with zero attached hydrogens (tertiary/aromatic N) is 5. The van der Waals surface area contributed by atoms with E-state index in [2.05, 4.69) is 15.2 Å². The predicted molar refractivity (Wildman–Crippen MR) is 78.8 cm³/mol. The van der Waals surface area contributed by atoms with Crippen LogP contribution in [0.5, 0.6) is 0 Å². The van der Waals surface area contributed by atoms with E-state index in [0.29, 0.717) is 15.3 Å². The van der Waals surface area contributed by atoms with Gasteiger partial charge in [-0.15, -0.1) is 21.5 Å². The first kappa shape index (κ1) is 15.8. The van der Waals surface area contributed by atoms with Crippen molar-refractivity contribution in [3.8, 4) is 0 Å². The highest BCUT2D eigenvalue weighted by Gasteiger charge is 2.38. The van der Waals surface area contributed by atoms with Crippen LogP contribution in [0.25, 0.3) is 4.96 Å². The second kappa shape index (κ2) is 5.53. The molecule has 23 heavy (non-hydrogen) atoms. The maximum atomic E-state index is 12.6. The summed E-state index contributed by atoms with van der Waals surface area (Å²) in [7, 11) is 0. The summed E-state index contributed by atoms with van der Waals surface area (Å²) in [6, 6.07) is 1.33. The van der Waals surface area contributed by atoms with Gasteiger partial charge in [0.25, 0.3) is 11.4 Å². The fraction of sp³-hybridized carbons (Fsp3) is 0.273. The van der Waals surface area contributed by atoms with Crippen molar-refractivity contribution in [2.45, 2.75) is 24.0 Å². The van der Waals surface area contributed by atoms with Crippen molar-refractivity contribution in [3.63, 3.8) is 0 Å². The van der Waals surface area contributed by atoms with Gasteiger partial charge in [-0.2, -0.15) is 13.2 Å². The highest BCUT2D eigenvalue weighted by molar-refractivity contribution is 7.98. The Hall–Kier alpha value is -2.08. The lowest BCUT2D eigenvalue weighted by Crippen LogP contribution is -2.21. The van der Waals surface area contributed by atoms with E-state index >= 15 is 0 Å². The van der Waals surface area contributed by atoms with Crippen LogP contribution in [0.1, 0.15) is 17.2 Å². The Morgan fingerprint density at radius 3 is 2.78 bits per heavy atom. The number of aromatic nitrogens is 5. The number of alkyl halides is 3. The fourth-order valence-corrected chi connectivity index (χ4v) is 3.52. The standard InChI is InChI=1S/C11H9F3N6OS2/c1-5-3-22-9-16-6(2-7(21)19(5)9)4-23-10-18-17-8(20(10)15)11(12,13)14/h2-3H,4,15H2,1H3. The molecule has 0 aliphatic carbocycles. The average molecular weight is 362 g/mol. The molecule has 0 aliphatic rings. The Kier molecular flexibility index (Phi) is 3.80. The number of nitrogens with two attached hydrogens (primary N) is 1. The number of rotatable bonds is 3. The van der Waals surface area contributed by atoms with Gasteiger partial charge in [-0.25, -0.2) is 9.66 Å². The number of aryl methyl sites for hydroxylation is 1. The molecular weight excluding hydrogens is 353 g/mol. The monoisotopic (exact) mass is 362 g/mol. The van der Waals surface area contributed by atoms with E-state index in [-0.39, 0.29) is 16.5 Å². The number of halogens is 3. The van der Waals surface area contributed by atoms with Crippen LogP contribution in [0.2, 0.25) is 0 Å². The molecule has 0 saturated carbocycles. The van der Waals surface area contributed by atoms with Crippen molar-refractivity contribution in [1.82, 2.24) is 24.3 Å². The topological polar surface area (TPSA) is 91.1 Å². The quantitative estimate of drug-likeness (QED) is 0.563. The van der Waals surface area contributed by atoms with Crippen LogP contribution in [-0.2, 0) is 11.9 Å². The molecular formula is C11H9F3N6OS2. The van der Waals surface area contributed by atoms with Gasteiger partial charge in [0.2, 0.25) is 5.16 Å². The summed E-state index contributed by atoms with van der Waals surface area (Å²) in [5.41, 5.74) is 0.964. The second-order valence-electron chi connectivity index (χ2n) is 4.54. The third kappa shape index (κ3) is 2.91. The van der Waals surface area contributed by atoms with Crippen molar-refractivity contribution in [3.05, 3.63) is 39.0 Å². The smallest absolute Gasteiger partial charge is 0.335 e. The average Bonchev–Trinajstić information content (AvgIpc) is 3.00. The molecule has 12 heteroatoms. The molecule has 0 saturated heterocycles. The molecule has 0 bridgehead atoms. The number of hydrogen-bond acceptors (Lipinski definition) is 7. The van der Waals surface area contributed by atoms with Gasteiger partial charge >= 0.3 is 6.18 Å². The minimum atomic E-state index is -4.68. The summed E-state index contributed by atoms with van der Waals surface area (Å²) in [4.78, 5) is 16.8. The maximum absolute atomic E-state index is 12.6. The minimum Gasteiger partial charge on any atom is -0.335 e. The van der Waals surface area contributed by atoms with Gasteiger partial charge in [-0.05, 0) is 6.92 Å². The van der Waals surface area contributed by atoms with Crippen LogP contribution in [0.4, 0.5) is 13.2 Å². The summed E-state index contributed by atoms with van der Waals surface area (Å²) in [6.07, 6.45) is -4.68. The normalized spacial score (nSPS) is 12.2. The zero-order chi connectivity index (χ0) is 16.8.